The van der Waals surface area contributed by atoms with E-state index in [0.29, 0.717) is 0 Å². The second-order valence-electron chi connectivity index (χ2n) is 7.04. The summed E-state index contributed by atoms with van der Waals surface area (Å²) in [6, 6.07) is 0. The highest BCUT2D eigenvalue weighted by molar-refractivity contribution is 6.23. The second kappa shape index (κ2) is 6.81. The predicted octanol–water partition coefficient (Wildman–Crippen LogP) is 5.50. The molecule has 0 atom stereocenters. The lowest BCUT2D eigenvalue weighted by atomic mass is 10.00. The number of alkyl halides is 9. The minimum Gasteiger partial charge on any atom is -0.238 e. The molecule has 6 nitrogen and oxygen atoms in total. The topological polar surface area (TPSA) is 77.3 Å². The highest BCUT2D eigenvalue weighted by Gasteiger charge is 2.44. The van der Waals surface area contributed by atoms with Gasteiger partial charge in [-0.1, -0.05) is 0 Å². The van der Waals surface area contributed by atoms with Gasteiger partial charge >= 0.3 is 18.5 Å². The van der Waals surface area contributed by atoms with Crippen molar-refractivity contribution in [2.24, 2.45) is 0 Å². The molecule has 0 bridgehead atoms. The summed E-state index contributed by atoms with van der Waals surface area (Å²) in [7, 11) is 0. The van der Waals surface area contributed by atoms with Crippen molar-refractivity contribution in [3.8, 4) is 0 Å². The van der Waals surface area contributed by atoms with Crippen LogP contribution in [-0.4, -0.2) is 29.9 Å². The molecule has 0 N–H and O–H groups in total. The van der Waals surface area contributed by atoms with Crippen LogP contribution in [0.1, 0.15) is 34.6 Å². The Hall–Kier alpha value is -3.39. The molecule has 33 heavy (non-hydrogen) atoms. The van der Waals surface area contributed by atoms with Crippen molar-refractivity contribution >= 4 is 32.7 Å². The molecule has 174 valence electrons. The van der Waals surface area contributed by atoms with Crippen LogP contribution in [0.25, 0.3) is 32.7 Å². The molecule has 0 amide bonds. The average molecular weight is 480 g/mol. The summed E-state index contributed by atoms with van der Waals surface area (Å²) in [5, 5.41) is -2.58. The summed E-state index contributed by atoms with van der Waals surface area (Å²) in [6.07, 6.45) is -16.2. The lowest BCUT2D eigenvalue weighted by Crippen LogP contribution is -2.19. The molecular weight excluding hydrogens is 471 g/mol. The summed E-state index contributed by atoms with van der Waals surface area (Å²) >= 11 is 0. The molecule has 0 aliphatic carbocycles. The zero-order valence-electron chi connectivity index (χ0n) is 16.6. The normalized spacial score (nSPS) is 13.5. The molecule has 0 saturated heterocycles. The van der Waals surface area contributed by atoms with Crippen molar-refractivity contribution in [2.75, 3.05) is 0 Å². The predicted molar refractivity (Wildman–Crippen MR) is 94.9 cm³/mol. The van der Waals surface area contributed by atoms with Gasteiger partial charge < -0.3 is 0 Å². The fourth-order valence-electron chi connectivity index (χ4n) is 3.56. The summed E-state index contributed by atoms with van der Waals surface area (Å²) in [5.41, 5.74) is -6.28. The number of aromatic nitrogens is 6. The van der Waals surface area contributed by atoms with Gasteiger partial charge in [0.1, 0.15) is 11.6 Å². The van der Waals surface area contributed by atoms with Crippen molar-refractivity contribution in [3.63, 3.8) is 0 Å². The minimum absolute atomic E-state index is 0.0383. The number of halogens is 9. The number of hydrogen-bond acceptors (Lipinski definition) is 6. The first-order valence-electron chi connectivity index (χ1n) is 8.88. The summed E-state index contributed by atoms with van der Waals surface area (Å²) < 4.78 is 123. The lowest BCUT2D eigenvalue weighted by Gasteiger charge is -2.18. The van der Waals surface area contributed by atoms with E-state index >= 15 is 0 Å². The quantitative estimate of drug-likeness (QED) is 0.245. The molecule has 0 fully saturated rings. The Morgan fingerprint density at radius 3 is 1.33 bits per heavy atom. The molecule has 0 radical (unpaired) electrons. The van der Waals surface area contributed by atoms with Gasteiger partial charge in [0, 0.05) is 5.39 Å². The van der Waals surface area contributed by atoms with Crippen LogP contribution < -0.4 is 0 Å². The van der Waals surface area contributed by atoms with E-state index < -0.39 is 68.9 Å². The Morgan fingerprint density at radius 2 is 0.879 bits per heavy atom. The molecule has 15 heteroatoms. The molecule has 4 aromatic rings. The average Bonchev–Trinajstić information content (AvgIpc) is 2.63. The standard InChI is InChI=1S/C18H9F9N6/c1-4-7-10-8(13(16(19,20)21)31-6(3)30-10)12-9(11(7)29-5(2)28-4)14(17(22,23)24)33-15(32-12)18(25,26)27/h1-3H3. The molecule has 0 aliphatic heterocycles. The number of aryl methyl sites for hydroxylation is 3. The van der Waals surface area contributed by atoms with E-state index in [-0.39, 0.29) is 16.9 Å². The van der Waals surface area contributed by atoms with Crippen LogP contribution >= 0.6 is 0 Å². The van der Waals surface area contributed by atoms with Gasteiger partial charge in [-0.05, 0) is 20.8 Å². The van der Waals surface area contributed by atoms with Gasteiger partial charge in [0.15, 0.2) is 11.4 Å². The molecular formula is C18H9F9N6. The first-order valence-corrected chi connectivity index (χ1v) is 8.88. The SMILES string of the molecule is Cc1nc(C(F)(F)F)c2c(n1)c1c(C)nc(C)nc1c1c(C(F)(F)F)nc(C(F)(F)F)nc21. The Morgan fingerprint density at radius 1 is 0.455 bits per heavy atom. The van der Waals surface area contributed by atoms with Crippen LogP contribution in [-0.2, 0) is 18.5 Å². The van der Waals surface area contributed by atoms with Crippen molar-refractivity contribution in [3.05, 3.63) is 34.6 Å². The van der Waals surface area contributed by atoms with E-state index in [1.165, 1.54) is 13.8 Å². The van der Waals surface area contributed by atoms with Gasteiger partial charge in [0.2, 0.25) is 5.82 Å². The maximum atomic E-state index is 13.9. The Labute approximate surface area is 176 Å². The van der Waals surface area contributed by atoms with Gasteiger partial charge in [-0.15, -0.1) is 0 Å². The third kappa shape index (κ3) is 3.64. The van der Waals surface area contributed by atoms with E-state index in [0.717, 1.165) is 6.92 Å². The minimum atomic E-state index is -5.49. The molecule has 3 heterocycles. The molecule has 4 rings (SSSR count). The number of benzene rings is 1. The van der Waals surface area contributed by atoms with Gasteiger partial charge in [-0.25, -0.2) is 29.9 Å². The Balaban J connectivity index is 2.50. The highest BCUT2D eigenvalue weighted by Crippen LogP contribution is 2.44. The van der Waals surface area contributed by atoms with E-state index in [2.05, 4.69) is 29.9 Å². The zero-order chi connectivity index (χ0) is 24.7. The molecule has 0 saturated carbocycles. The number of rotatable bonds is 0. The first-order chi connectivity index (χ1) is 15.0. The smallest absolute Gasteiger partial charge is 0.238 e. The molecule has 1 aromatic carbocycles. The van der Waals surface area contributed by atoms with Crippen molar-refractivity contribution in [1.82, 2.24) is 29.9 Å². The number of hydrogen-bond donors (Lipinski definition) is 0. The van der Waals surface area contributed by atoms with Gasteiger partial charge in [-0.2, -0.15) is 39.5 Å². The van der Waals surface area contributed by atoms with Crippen LogP contribution in [0.3, 0.4) is 0 Å². The Bertz CT molecular complexity index is 1430. The van der Waals surface area contributed by atoms with Gasteiger partial charge in [-0.3, -0.25) is 0 Å². The van der Waals surface area contributed by atoms with Crippen LogP contribution in [0.4, 0.5) is 39.5 Å². The molecule has 0 spiro atoms. The van der Waals surface area contributed by atoms with Crippen LogP contribution in [0.15, 0.2) is 0 Å². The molecule has 3 aromatic heterocycles. The maximum absolute atomic E-state index is 13.9. The van der Waals surface area contributed by atoms with Gasteiger partial charge in [0.05, 0.1) is 33.0 Å². The second-order valence-corrected chi connectivity index (χ2v) is 7.04. The zero-order valence-corrected chi connectivity index (χ0v) is 16.6. The van der Waals surface area contributed by atoms with Crippen LogP contribution in [0, 0.1) is 20.8 Å². The Kier molecular flexibility index (Phi) is 4.70. The fourth-order valence-corrected chi connectivity index (χ4v) is 3.56. The van der Waals surface area contributed by atoms with Crippen molar-refractivity contribution < 1.29 is 39.5 Å². The summed E-state index contributed by atoms with van der Waals surface area (Å²) in [6.45, 7) is 3.69. The first kappa shape index (κ1) is 22.8. The number of fused-ring (bicyclic) bond motifs is 6. The highest BCUT2D eigenvalue weighted by atomic mass is 19.4. The van der Waals surface area contributed by atoms with Crippen LogP contribution in [0.5, 0.6) is 0 Å². The summed E-state index contributed by atoms with van der Waals surface area (Å²) in [5.74, 6) is -2.76. The lowest BCUT2D eigenvalue weighted by molar-refractivity contribution is -0.151. The monoisotopic (exact) mass is 480 g/mol. The van der Waals surface area contributed by atoms with Crippen LogP contribution in [0.2, 0.25) is 0 Å². The number of nitrogens with zero attached hydrogens (tertiary/aromatic N) is 6. The fraction of sp³-hybridized carbons (Fsp3) is 0.333. The molecule has 0 aliphatic rings. The third-order valence-electron chi connectivity index (χ3n) is 4.63. The third-order valence-corrected chi connectivity index (χ3v) is 4.63. The van der Waals surface area contributed by atoms with E-state index in [1.807, 2.05) is 0 Å². The maximum Gasteiger partial charge on any atom is 0.451 e. The van der Waals surface area contributed by atoms with E-state index in [4.69, 9.17) is 0 Å². The summed E-state index contributed by atoms with van der Waals surface area (Å²) in [4.78, 5) is 20.7. The van der Waals surface area contributed by atoms with E-state index in [9.17, 15) is 39.5 Å². The van der Waals surface area contributed by atoms with Gasteiger partial charge in [0.25, 0.3) is 0 Å². The van der Waals surface area contributed by atoms with E-state index in [1.54, 1.807) is 0 Å². The van der Waals surface area contributed by atoms with Crippen molar-refractivity contribution in [1.29, 1.82) is 0 Å². The molecule has 0 unspecified atom stereocenters. The van der Waals surface area contributed by atoms with Crippen molar-refractivity contribution in [2.45, 2.75) is 39.3 Å². The largest absolute Gasteiger partial charge is 0.451 e.